The van der Waals surface area contributed by atoms with Crippen molar-refractivity contribution >= 4 is 17.4 Å². The van der Waals surface area contributed by atoms with Gasteiger partial charge >= 0.3 is 0 Å². The highest BCUT2D eigenvalue weighted by molar-refractivity contribution is 6.30. The molecule has 0 fully saturated rings. The van der Waals surface area contributed by atoms with Gasteiger partial charge in [-0.1, -0.05) is 18.5 Å². The molecule has 72 valence electrons. The number of fused-ring (bicyclic) bond motifs is 1. The highest BCUT2D eigenvalue weighted by atomic mass is 35.5. The summed E-state index contributed by atoms with van der Waals surface area (Å²) >= 11 is 5.99. The molecule has 14 heavy (non-hydrogen) atoms. The highest BCUT2D eigenvalue weighted by Gasteiger charge is 2.37. The van der Waals surface area contributed by atoms with E-state index in [4.69, 9.17) is 16.9 Å². The molecule has 1 atom stereocenters. The van der Waals surface area contributed by atoms with E-state index in [9.17, 15) is 0 Å². The second kappa shape index (κ2) is 3.10. The van der Waals surface area contributed by atoms with Gasteiger partial charge in [-0.05, 0) is 0 Å². The van der Waals surface area contributed by atoms with Gasteiger partial charge in [-0.3, -0.25) is 0 Å². The Bertz CT molecular complexity index is 412. The second-order valence-electron chi connectivity index (χ2n) is 3.64. The van der Waals surface area contributed by atoms with E-state index in [0.717, 1.165) is 11.4 Å². The van der Waals surface area contributed by atoms with E-state index >= 15 is 0 Å². The molecular formula is C9H9ClN4. The van der Waals surface area contributed by atoms with Crippen molar-refractivity contribution in [2.24, 2.45) is 0 Å². The number of aromatic nitrogens is 2. The number of nitrogens with one attached hydrogen (secondary N) is 1. The van der Waals surface area contributed by atoms with Crippen LogP contribution in [-0.4, -0.2) is 16.5 Å². The lowest BCUT2D eigenvalue weighted by molar-refractivity contribution is 0.535. The molecule has 0 spiro atoms. The summed E-state index contributed by atoms with van der Waals surface area (Å²) in [6.07, 6.45) is 1.84. The van der Waals surface area contributed by atoms with Crippen molar-refractivity contribution in [3.05, 3.63) is 17.0 Å². The molecule has 1 unspecified atom stereocenters. The first-order valence-corrected chi connectivity index (χ1v) is 4.67. The van der Waals surface area contributed by atoms with Gasteiger partial charge in [0, 0.05) is 23.9 Å². The van der Waals surface area contributed by atoms with Crippen LogP contribution in [0.2, 0.25) is 5.15 Å². The Kier molecular flexibility index (Phi) is 2.05. The lowest BCUT2D eigenvalue weighted by Crippen LogP contribution is -2.24. The first-order valence-electron chi connectivity index (χ1n) is 4.29. The van der Waals surface area contributed by atoms with Gasteiger partial charge in [0.05, 0.1) is 6.07 Å². The van der Waals surface area contributed by atoms with E-state index in [1.54, 1.807) is 0 Å². The van der Waals surface area contributed by atoms with Crippen LogP contribution in [0.5, 0.6) is 0 Å². The van der Waals surface area contributed by atoms with E-state index in [0.29, 0.717) is 18.1 Å². The average Bonchev–Trinajstić information content (AvgIpc) is 2.46. The van der Waals surface area contributed by atoms with E-state index < -0.39 is 0 Å². The van der Waals surface area contributed by atoms with Crippen molar-refractivity contribution in [2.45, 2.75) is 18.8 Å². The minimum absolute atomic E-state index is 0.261. The molecule has 0 aliphatic carbocycles. The standard InChI is InChI=1S/C9H9ClN4/c1-9(2-3-11)4-12-8-6(9)7(10)13-5-14-8/h5H,2,4H2,1H3,(H,12,13,14). The molecule has 2 heterocycles. The van der Waals surface area contributed by atoms with Crippen LogP contribution in [0.4, 0.5) is 5.82 Å². The third kappa shape index (κ3) is 1.21. The van der Waals surface area contributed by atoms with Crippen molar-refractivity contribution in [2.75, 3.05) is 11.9 Å². The van der Waals surface area contributed by atoms with E-state index in [-0.39, 0.29) is 5.41 Å². The van der Waals surface area contributed by atoms with Crippen molar-refractivity contribution in [3.8, 4) is 6.07 Å². The van der Waals surface area contributed by atoms with Gasteiger partial charge in [0.15, 0.2) is 0 Å². The molecule has 0 saturated carbocycles. The maximum Gasteiger partial charge on any atom is 0.138 e. The molecule has 2 rings (SSSR count). The number of nitrogens with zero attached hydrogens (tertiary/aromatic N) is 3. The molecule has 0 amide bonds. The third-order valence-electron chi connectivity index (χ3n) is 2.52. The molecule has 0 bridgehead atoms. The Morgan fingerprint density at radius 2 is 2.50 bits per heavy atom. The first-order chi connectivity index (χ1) is 6.67. The fraction of sp³-hybridized carbons (Fsp3) is 0.444. The summed E-state index contributed by atoms with van der Waals surface area (Å²) in [6.45, 7) is 2.68. The van der Waals surface area contributed by atoms with Crippen molar-refractivity contribution in [1.82, 2.24) is 9.97 Å². The zero-order valence-electron chi connectivity index (χ0n) is 7.71. The maximum absolute atomic E-state index is 8.75. The summed E-state index contributed by atoms with van der Waals surface area (Å²) < 4.78 is 0. The fourth-order valence-electron chi connectivity index (χ4n) is 1.73. The van der Waals surface area contributed by atoms with Gasteiger partial charge in [0.25, 0.3) is 0 Å². The lowest BCUT2D eigenvalue weighted by atomic mass is 9.83. The van der Waals surface area contributed by atoms with Crippen LogP contribution in [0.15, 0.2) is 6.33 Å². The fourth-order valence-corrected chi connectivity index (χ4v) is 2.09. The van der Waals surface area contributed by atoms with Crippen LogP contribution in [0.1, 0.15) is 18.9 Å². The smallest absolute Gasteiger partial charge is 0.138 e. The Balaban J connectivity index is 2.53. The minimum Gasteiger partial charge on any atom is -0.369 e. The summed E-state index contributed by atoms with van der Waals surface area (Å²) in [5.41, 5.74) is 0.603. The second-order valence-corrected chi connectivity index (χ2v) is 4.00. The Labute approximate surface area is 86.9 Å². The topological polar surface area (TPSA) is 61.6 Å². The zero-order valence-corrected chi connectivity index (χ0v) is 8.47. The van der Waals surface area contributed by atoms with Gasteiger partial charge in [-0.2, -0.15) is 5.26 Å². The monoisotopic (exact) mass is 208 g/mol. The van der Waals surface area contributed by atoms with Crippen molar-refractivity contribution in [3.63, 3.8) is 0 Å². The van der Waals surface area contributed by atoms with Gasteiger partial charge in [-0.25, -0.2) is 9.97 Å². The quantitative estimate of drug-likeness (QED) is 0.714. The summed E-state index contributed by atoms with van der Waals surface area (Å²) in [5, 5.41) is 12.3. The maximum atomic E-state index is 8.75. The Morgan fingerprint density at radius 3 is 3.21 bits per heavy atom. The summed E-state index contributed by atoms with van der Waals surface area (Å²) in [7, 11) is 0. The largest absolute Gasteiger partial charge is 0.369 e. The van der Waals surface area contributed by atoms with Gasteiger partial charge in [0.1, 0.15) is 17.3 Å². The van der Waals surface area contributed by atoms with Crippen LogP contribution >= 0.6 is 11.6 Å². The lowest BCUT2D eigenvalue weighted by Gasteiger charge is -2.19. The molecule has 4 nitrogen and oxygen atoms in total. The first kappa shape index (κ1) is 9.22. The van der Waals surface area contributed by atoms with E-state index in [2.05, 4.69) is 21.4 Å². The van der Waals surface area contributed by atoms with Crippen LogP contribution in [0, 0.1) is 11.3 Å². The number of anilines is 1. The predicted molar refractivity (Wildman–Crippen MR) is 53.1 cm³/mol. The number of halogens is 1. The van der Waals surface area contributed by atoms with Gasteiger partial charge < -0.3 is 5.32 Å². The van der Waals surface area contributed by atoms with Gasteiger partial charge in [0.2, 0.25) is 0 Å². The minimum atomic E-state index is -0.261. The average molecular weight is 209 g/mol. The Morgan fingerprint density at radius 1 is 1.71 bits per heavy atom. The van der Waals surface area contributed by atoms with Crippen LogP contribution in [0.3, 0.4) is 0 Å². The SMILES string of the molecule is CC1(CC#N)CNc2ncnc(Cl)c21. The molecular weight excluding hydrogens is 200 g/mol. The zero-order chi connectivity index (χ0) is 10.2. The number of hydrogen-bond donors (Lipinski definition) is 1. The molecule has 5 heteroatoms. The molecule has 1 aliphatic rings. The molecule has 0 radical (unpaired) electrons. The van der Waals surface area contributed by atoms with E-state index in [1.165, 1.54) is 6.33 Å². The summed E-state index contributed by atoms with van der Waals surface area (Å²) in [5.74, 6) is 0.753. The van der Waals surface area contributed by atoms with Gasteiger partial charge in [-0.15, -0.1) is 0 Å². The Hall–Kier alpha value is -1.34. The third-order valence-corrected chi connectivity index (χ3v) is 2.81. The molecule has 0 aromatic carbocycles. The predicted octanol–water partition coefficient (Wildman–Crippen LogP) is 1.73. The van der Waals surface area contributed by atoms with Crippen LogP contribution in [-0.2, 0) is 5.41 Å². The van der Waals surface area contributed by atoms with Crippen LogP contribution < -0.4 is 5.32 Å². The number of nitriles is 1. The molecule has 0 saturated heterocycles. The normalized spacial score (nSPS) is 23.8. The molecule has 1 N–H and O–H groups in total. The van der Waals surface area contributed by atoms with Crippen molar-refractivity contribution < 1.29 is 0 Å². The number of rotatable bonds is 1. The molecule has 1 aromatic rings. The van der Waals surface area contributed by atoms with E-state index in [1.807, 2.05) is 6.92 Å². The summed E-state index contributed by atoms with van der Waals surface area (Å²) in [6, 6.07) is 2.16. The van der Waals surface area contributed by atoms with Crippen LogP contribution in [0.25, 0.3) is 0 Å². The van der Waals surface area contributed by atoms with Crippen molar-refractivity contribution in [1.29, 1.82) is 5.26 Å². The number of hydrogen-bond acceptors (Lipinski definition) is 4. The highest BCUT2D eigenvalue weighted by Crippen LogP contribution is 2.40. The molecule has 1 aliphatic heterocycles. The summed E-state index contributed by atoms with van der Waals surface area (Å²) in [4.78, 5) is 8.02. The molecule has 1 aromatic heterocycles.